The molecule has 0 bridgehead atoms. The molecule has 1 N–H and O–H groups in total. The first-order valence-electron chi connectivity index (χ1n) is 7.99. The third-order valence-electron chi connectivity index (χ3n) is 5.19. The second kappa shape index (κ2) is 5.43. The van der Waals surface area contributed by atoms with Crippen LogP contribution >= 0.6 is 0 Å². The van der Waals surface area contributed by atoms with E-state index in [1.54, 1.807) is 0 Å². The molecule has 4 heteroatoms. The highest BCUT2D eigenvalue weighted by molar-refractivity contribution is 5.77. The summed E-state index contributed by atoms with van der Waals surface area (Å²) in [5.74, 6) is 1.58. The molecule has 0 aliphatic carbocycles. The Morgan fingerprint density at radius 1 is 1.24 bits per heavy atom. The number of amides is 1. The van der Waals surface area contributed by atoms with Crippen molar-refractivity contribution in [3.8, 4) is 0 Å². The first kappa shape index (κ1) is 13.3. The number of rotatable bonds is 2. The van der Waals surface area contributed by atoms with Crippen molar-refractivity contribution in [2.45, 2.75) is 18.9 Å². The minimum Gasteiger partial charge on any atom is -0.373 e. The van der Waals surface area contributed by atoms with Crippen LogP contribution < -0.4 is 5.32 Å². The molecule has 1 aromatic carbocycles. The van der Waals surface area contributed by atoms with Gasteiger partial charge in [0.05, 0.1) is 19.1 Å². The number of benzene rings is 1. The molecule has 1 amide bonds. The van der Waals surface area contributed by atoms with E-state index in [0.29, 0.717) is 18.3 Å². The largest absolute Gasteiger partial charge is 0.373 e. The van der Waals surface area contributed by atoms with Gasteiger partial charge in [0.1, 0.15) is 0 Å². The number of carbonyl (C=O) groups is 1. The van der Waals surface area contributed by atoms with Crippen molar-refractivity contribution in [3.63, 3.8) is 0 Å². The molecule has 2 fully saturated rings. The number of hydrogen-bond donors (Lipinski definition) is 1. The molecule has 0 radical (unpaired) electrons. The quantitative estimate of drug-likeness (QED) is 0.893. The molecule has 112 valence electrons. The van der Waals surface area contributed by atoms with E-state index in [-0.39, 0.29) is 12.0 Å². The second-order valence-electron chi connectivity index (χ2n) is 6.49. The Bertz CT molecular complexity index is 533. The molecule has 3 aliphatic heterocycles. The van der Waals surface area contributed by atoms with Gasteiger partial charge in [-0.2, -0.15) is 0 Å². The average Bonchev–Trinajstić information content (AvgIpc) is 3.09. The molecule has 3 aliphatic rings. The maximum atomic E-state index is 12.6. The van der Waals surface area contributed by atoms with Crippen molar-refractivity contribution >= 4 is 5.91 Å². The predicted octanol–water partition coefficient (Wildman–Crippen LogP) is 1.37. The monoisotopic (exact) mass is 286 g/mol. The summed E-state index contributed by atoms with van der Waals surface area (Å²) in [5, 5.41) is 3.42. The Morgan fingerprint density at radius 3 is 2.81 bits per heavy atom. The number of ether oxygens (including phenoxy) is 1. The summed E-state index contributed by atoms with van der Waals surface area (Å²) in [4.78, 5) is 14.6. The molecule has 3 heterocycles. The summed E-state index contributed by atoms with van der Waals surface area (Å²) in [7, 11) is 0. The molecule has 1 aromatic rings. The van der Waals surface area contributed by atoms with Gasteiger partial charge < -0.3 is 15.0 Å². The SMILES string of the molecule is O=C(CC1OCCc2ccccc21)N1C[C@H]2CNC[C@H]2C1. The van der Waals surface area contributed by atoms with Crippen molar-refractivity contribution in [1.29, 1.82) is 0 Å². The number of nitrogens with zero attached hydrogens (tertiary/aromatic N) is 1. The lowest BCUT2D eigenvalue weighted by atomic mass is 9.95. The van der Waals surface area contributed by atoms with Crippen LogP contribution in [0.1, 0.15) is 23.7 Å². The van der Waals surface area contributed by atoms with E-state index in [1.165, 1.54) is 11.1 Å². The van der Waals surface area contributed by atoms with Crippen molar-refractivity contribution in [3.05, 3.63) is 35.4 Å². The van der Waals surface area contributed by atoms with Crippen molar-refractivity contribution < 1.29 is 9.53 Å². The molecule has 0 saturated carbocycles. The van der Waals surface area contributed by atoms with Gasteiger partial charge in [-0.15, -0.1) is 0 Å². The zero-order valence-electron chi connectivity index (χ0n) is 12.3. The summed E-state index contributed by atoms with van der Waals surface area (Å²) in [6, 6.07) is 8.37. The smallest absolute Gasteiger partial charge is 0.225 e. The fraction of sp³-hybridized carbons (Fsp3) is 0.588. The van der Waals surface area contributed by atoms with Crippen LogP contribution in [0.5, 0.6) is 0 Å². The first-order valence-corrected chi connectivity index (χ1v) is 7.99. The molecule has 1 unspecified atom stereocenters. The first-order chi connectivity index (χ1) is 10.3. The zero-order valence-corrected chi connectivity index (χ0v) is 12.3. The molecule has 2 saturated heterocycles. The van der Waals surface area contributed by atoms with Gasteiger partial charge in [0.15, 0.2) is 0 Å². The van der Waals surface area contributed by atoms with Gasteiger partial charge in [-0.1, -0.05) is 24.3 Å². The van der Waals surface area contributed by atoms with Crippen LogP contribution in [0, 0.1) is 11.8 Å². The van der Waals surface area contributed by atoms with Crippen LogP contribution in [0.15, 0.2) is 24.3 Å². The summed E-state index contributed by atoms with van der Waals surface area (Å²) < 4.78 is 5.87. The number of carbonyl (C=O) groups excluding carboxylic acids is 1. The van der Waals surface area contributed by atoms with E-state index in [4.69, 9.17) is 4.74 Å². The maximum Gasteiger partial charge on any atom is 0.225 e. The Labute approximate surface area is 125 Å². The van der Waals surface area contributed by atoms with Crippen molar-refractivity contribution in [1.82, 2.24) is 10.2 Å². The molecule has 4 nitrogen and oxygen atoms in total. The second-order valence-corrected chi connectivity index (χ2v) is 6.49. The van der Waals surface area contributed by atoms with E-state index in [2.05, 4.69) is 28.4 Å². The minimum atomic E-state index is -0.0546. The number of nitrogens with one attached hydrogen (secondary N) is 1. The molecular weight excluding hydrogens is 264 g/mol. The molecule has 21 heavy (non-hydrogen) atoms. The van der Waals surface area contributed by atoms with Crippen LogP contribution in [0.2, 0.25) is 0 Å². The molecular formula is C17H22N2O2. The Hall–Kier alpha value is -1.39. The number of likely N-dealkylation sites (tertiary alicyclic amines) is 1. The highest BCUT2D eigenvalue weighted by atomic mass is 16.5. The zero-order chi connectivity index (χ0) is 14.2. The highest BCUT2D eigenvalue weighted by Gasteiger charge is 2.38. The lowest BCUT2D eigenvalue weighted by Crippen LogP contribution is -2.33. The summed E-state index contributed by atoms with van der Waals surface area (Å²) in [5.41, 5.74) is 2.54. The Kier molecular flexibility index (Phi) is 3.43. The van der Waals surface area contributed by atoms with Crippen LogP contribution in [0.4, 0.5) is 0 Å². The summed E-state index contributed by atoms with van der Waals surface area (Å²) in [6.45, 7) is 4.70. The fourth-order valence-corrected chi connectivity index (χ4v) is 3.99. The van der Waals surface area contributed by atoms with Crippen molar-refractivity contribution in [2.24, 2.45) is 11.8 Å². The van der Waals surface area contributed by atoms with Gasteiger partial charge in [0, 0.05) is 26.2 Å². The van der Waals surface area contributed by atoms with Gasteiger partial charge in [-0.25, -0.2) is 0 Å². The van der Waals surface area contributed by atoms with Crippen LogP contribution in [-0.4, -0.2) is 43.6 Å². The third-order valence-corrected chi connectivity index (χ3v) is 5.19. The van der Waals surface area contributed by atoms with Crippen LogP contribution in [0.25, 0.3) is 0 Å². The lowest BCUT2D eigenvalue weighted by molar-refractivity contribution is -0.133. The molecule has 0 spiro atoms. The van der Waals surface area contributed by atoms with Crippen molar-refractivity contribution in [2.75, 3.05) is 32.8 Å². The van der Waals surface area contributed by atoms with Crippen LogP contribution in [0.3, 0.4) is 0 Å². The van der Waals surface area contributed by atoms with Gasteiger partial charge in [-0.3, -0.25) is 4.79 Å². The summed E-state index contributed by atoms with van der Waals surface area (Å²) in [6.07, 6.45) is 1.39. The minimum absolute atomic E-state index is 0.0546. The Morgan fingerprint density at radius 2 is 2.00 bits per heavy atom. The predicted molar refractivity (Wildman–Crippen MR) is 79.9 cm³/mol. The van der Waals surface area contributed by atoms with E-state index in [0.717, 1.165) is 39.2 Å². The van der Waals surface area contributed by atoms with Gasteiger partial charge in [-0.05, 0) is 29.4 Å². The fourth-order valence-electron chi connectivity index (χ4n) is 3.99. The molecule has 3 atom stereocenters. The Balaban J connectivity index is 1.44. The van der Waals surface area contributed by atoms with E-state index < -0.39 is 0 Å². The lowest BCUT2D eigenvalue weighted by Gasteiger charge is -2.27. The van der Waals surface area contributed by atoms with E-state index >= 15 is 0 Å². The normalized spacial score (nSPS) is 31.0. The third kappa shape index (κ3) is 2.47. The van der Waals surface area contributed by atoms with E-state index in [1.807, 2.05) is 6.07 Å². The maximum absolute atomic E-state index is 12.6. The standard InChI is InChI=1S/C17H22N2O2/c20-17(19-10-13-8-18-9-14(13)11-19)7-16-15-4-2-1-3-12(15)5-6-21-16/h1-4,13-14,16,18H,5-11H2/t13-,14+,16?. The topological polar surface area (TPSA) is 41.6 Å². The molecule has 4 rings (SSSR count). The van der Waals surface area contributed by atoms with E-state index in [9.17, 15) is 4.79 Å². The van der Waals surface area contributed by atoms with Gasteiger partial charge in [0.2, 0.25) is 5.91 Å². The highest BCUT2D eigenvalue weighted by Crippen LogP contribution is 2.32. The van der Waals surface area contributed by atoms with Gasteiger partial charge in [0.25, 0.3) is 0 Å². The number of fused-ring (bicyclic) bond motifs is 2. The summed E-state index contributed by atoms with van der Waals surface area (Å²) >= 11 is 0. The average molecular weight is 286 g/mol. The van der Waals surface area contributed by atoms with Gasteiger partial charge >= 0.3 is 0 Å². The number of hydrogen-bond acceptors (Lipinski definition) is 3. The van der Waals surface area contributed by atoms with Crippen LogP contribution in [-0.2, 0) is 16.0 Å². The molecule has 0 aromatic heterocycles.